The van der Waals surface area contributed by atoms with Crippen LogP contribution in [0.3, 0.4) is 0 Å². The Morgan fingerprint density at radius 2 is 2.50 bits per heavy atom. The molecule has 0 bridgehead atoms. The molecule has 56 valence electrons. The van der Waals surface area contributed by atoms with Crippen LogP contribution in [0.15, 0.2) is 12.3 Å². The van der Waals surface area contributed by atoms with Gasteiger partial charge in [-0.25, -0.2) is 0 Å². The monoisotopic (exact) mass is 140 g/mol. The van der Waals surface area contributed by atoms with Crippen LogP contribution in [-0.2, 0) is 7.05 Å². The van der Waals surface area contributed by atoms with Crippen LogP contribution in [0.1, 0.15) is 25.1 Å². The van der Waals surface area contributed by atoms with E-state index in [0.29, 0.717) is 0 Å². The van der Waals surface area contributed by atoms with E-state index in [9.17, 15) is 5.11 Å². The summed E-state index contributed by atoms with van der Waals surface area (Å²) in [5.41, 5.74) is 0.877. The van der Waals surface area contributed by atoms with E-state index in [0.717, 1.165) is 12.1 Å². The molecule has 0 saturated heterocycles. The molecule has 0 aliphatic heterocycles. The lowest BCUT2D eigenvalue weighted by Gasteiger charge is -2.06. The van der Waals surface area contributed by atoms with Gasteiger partial charge >= 0.3 is 0 Å². The minimum Gasteiger partial charge on any atom is -0.387 e. The Balaban J connectivity index is 2.82. The van der Waals surface area contributed by atoms with Gasteiger partial charge in [0.1, 0.15) is 0 Å². The van der Waals surface area contributed by atoms with Gasteiger partial charge in [0, 0.05) is 13.2 Å². The summed E-state index contributed by atoms with van der Waals surface area (Å²) in [4.78, 5) is 0. The minimum absolute atomic E-state index is 0.368. The third kappa shape index (κ3) is 1.19. The van der Waals surface area contributed by atoms with Crippen molar-refractivity contribution in [1.82, 2.24) is 9.78 Å². The fraction of sp³-hybridized carbons (Fsp3) is 0.571. The van der Waals surface area contributed by atoms with Crippen molar-refractivity contribution in [3.05, 3.63) is 18.0 Å². The van der Waals surface area contributed by atoms with Crippen molar-refractivity contribution in [2.75, 3.05) is 0 Å². The molecule has 0 aliphatic rings. The van der Waals surface area contributed by atoms with Crippen LogP contribution >= 0.6 is 0 Å². The maximum Gasteiger partial charge on any atom is 0.0953 e. The van der Waals surface area contributed by atoms with Gasteiger partial charge in [-0.05, 0) is 12.5 Å². The highest BCUT2D eigenvalue weighted by Crippen LogP contribution is 2.13. The van der Waals surface area contributed by atoms with Gasteiger partial charge < -0.3 is 5.11 Å². The fourth-order valence-electron chi connectivity index (χ4n) is 0.920. The highest BCUT2D eigenvalue weighted by molar-refractivity contribution is 5.03. The molecular formula is C7H12N2O. The van der Waals surface area contributed by atoms with E-state index < -0.39 is 0 Å². The molecule has 1 N–H and O–H groups in total. The summed E-state index contributed by atoms with van der Waals surface area (Å²) in [7, 11) is 1.83. The lowest BCUT2D eigenvalue weighted by atomic mass is 10.2. The van der Waals surface area contributed by atoms with E-state index >= 15 is 0 Å². The second-order valence-corrected chi connectivity index (χ2v) is 2.30. The van der Waals surface area contributed by atoms with Gasteiger partial charge in [0.25, 0.3) is 0 Å². The maximum absolute atomic E-state index is 9.34. The number of rotatable bonds is 2. The second-order valence-electron chi connectivity index (χ2n) is 2.30. The SMILES string of the molecule is CCC(O)c1ccnn1C. The number of nitrogens with zero attached hydrogens (tertiary/aromatic N) is 2. The van der Waals surface area contributed by atoms with E-state index in [2.05, 4.69) is 5.10 Å². The molecule has 1 unspecified atom stereocenters. The first-order valence-corrected chi connectivity index (χ1v) is 3.41. The molecule has 1 aromatic heterocycles. The molecular weight excluding hydrogens is 128 g/mol. The van der Waals surface area contributed by atoms with Crippen LogP contribution in [-0.4, -0.2) is 14.9 Å². The molecule has 0 spiro atoms. The molecule has 3 nitrogen and oxygen atoms in total. The fourth-order valence-corrected chi connectivity index (χ4v) is 0.920. The van der Waals surface area contributed by atoms with Crippen LogP contribution in [0.4, 0.5) is 0 Å². The van der Waals surface area contributed by atoms with Crippen molar-refractivity contribution in [3.8, 4) is 0 Å². The van der Waals surface area contributed by atoms with Crippen molar-refractivity contribution in [3.63, 3.8) is 0 Å². The molecule has 0 radical (unpaired) electrons. The van der Waals surface area contributed by atoms with E-state index in [4.69, 9.17) is 0 Å². The molecule has 1 rings (SSSR count). The number of hydrogen-bond donors (Lipinski definition) is 1. The number of aryl methyl sites for hydroxylation is 1. The molecule has 10 heavy (non-hydrogen) atoms. The molecule has 0 fully saturated rings. The molecule has 0 amide bonds. The van der Waals surface area contributed by atoms with Gasteiger partial charge in [0.05, 0.1) is 11.8 Å². The van der Waals surface area contributed by atoms with Gasteiger partial charge in [0.15, 0.2) is 0 Å². The molecule has 0 saturated carbocycles. The smallest absolute Gasteiger partial charge is 0.0953 e. The summed E-state index contributed by atoms with van der Waals surface area (Å²) < 4.78 is 1.69. The quantitative estimate of drug-likeness (QED) is 0.661. The Morgan fingerprint density at radius 1 is 1.80 bits per heavy atom. The largest absolute Gasteiger partial charge is 0.387 e. The molecule has 3 heteroatoms. The number of aromatic nitrogens is 2. The Bertz CT molecular complexity index is 207. The van der Waals surface area contributed by atoms with Crippen LogP contribution in [0.25, 0.3) is 0 Å². The highest BCUT2D eigenvalue weighted by atomic mass is 16.3. The number of aliphatic hydroxyl groups is 1. The Kier molecular flexibility index (Phi) is 2.06. The zero-order valence-corrected chi connectivity index (χ0v) is 6.28. The summed E-state index contributed by atoms with van der Waals surface area (Å²) in [5.74, 6) is 0. The molecule has 1 heterocycles. The second kappa shape index (κ2) is 2.84. The first-order chi connectivity index (χ1) is 4.75. The average molecular weight is 140 g/mol. The van der Waals surface area contributed by atoms with Crippen LogP contribution in [0.2, 0.25) is 0 Å². The summed E-state index contributed by atoms with van der Waals surface area (Å²) in [6, 6.07) is 1.83. The standard InChI is InChI=1S/C7H12N2O/c1-3-7(10)6-4-5-8-9(6)2/h4-5,7,10H,3H2,1-2H3. The average Bonchev–Trinajstić information content (AvgIpc) is 2.34. The minimum atomic E-state index is -0.368. The first kappa shape index (κ1) is 7.28. The lowest BCUT2D eigenvalue weighted by Crippen LogP contribution is -2.03. The predicted molar refractivity (Wildman–Crippen MR) is 38.5 cm³/mol. The molecule has 1 aromatic rings. The molecule has 1 atom stereocenters. The lowest BCUT2D eigenvalue weighted by molar-refractivity contribution is 0.164. The van der Waals surface area contributed by atoms with E-state index in [1.54, 1.807) is 10.9 Å². The van der Waals surface area contributed by atoms with Gasteiger partial charge in [-0.2, -0.15) is 5.10 Å². The van der Waals surface area contributed by atoms with Gasteiger partial charge in [-0.3, -0.25) is 4.68 Å². The summed E-state index contributed by atoms with van der Waals surface area (Å²) in [6.07, 6.45) is 2.06. The van der Waals surface area contributed by atoms with Crippen molar-refractivity contribution >= 4 is 0 Å². The van der Waals surface area contributed by atoms with Crippen LogP contribution < -0.4 is 0 Å². The van der Waals surface area contributed by atoms with E-state index in [1.165, 1.54) is 0 Å². The van der Waals surface area contributed by atoms with Crippen LogP contribution in [0, 0.1) is 0 Å². The zero-order chi connectivity index (χ0) is 7.56. The van der Waals surface area contributed by atoms with E-state index in [1.807, 2.05) is 20.0 Å². The van der Waals surface area contributed by atoms with Crippen LogP contribution in [0.5, 0.6) is 0 Å². The third-order valence-corrected chi connectivity index (χ3v) is 1.59. The first-order valence-electron chi connectivity index (χ1n) is 3.41. The van der Waals surface area contributed by atoms with Gasteiger partial charge in [0.2, 0.25) is 0 Å². The normalized spacial score (nSPS) is 13.5. The van der Waals surface area contributed by atoms with Crippen molar-refractivity contribution < 1.29 is 5.11 Å². The Hall–Kier alpha value is -0.830. The van der Waals surface area contributed by atoms with E-state index in [-0.39, 0.29) is 6.10 Å². The number of aliphatic hydroxyl groups excluding tert-OH is 1. The molecule has 0 aliphatic carbocycles. The van der Waals surface area contributed by atoms with Crippen molar-refractivity contribution in [2.24, 2.45) is 7.05 Å². The highest BCUT2D eigenvalue weighted by Gasteiger charge is 2.07. The molecule has 0 aromatic carbocycles. The number of hydrogen-bond acceptors (Lipinski definition) is 2. The van der Waals surface area contributed by atoms with Gasteiger partial charge in [-0.15, -0.1) is 0 Å². The Morgan fingerprint density at radius 3 is 2.90 bits per heavy atom. The topological polar surface area (TPSA) is 38.1 Å². The summed E-state index contributed by atoms with van der Waals surface area (Å²) >= 11 is 0. The Labute approximate surface area is 60.3 Å². The zero-order valence-electron chi connectivity index (χ0n) is 6.28. The van der Waals surface area contributed by atoms with Crippen molar-refractivity contribution in [2.45, 2.75) is 19.4 Å². The summed E-state index contributed by atoms with van der Waals surface area (Å²) in [5, 5.41) is 13.3. The predicted octanol–water partition coefficient (Wildman–Crippen LogP) is 0.863. The van der Waals surface area contributed by atoms with Gasteiger partial charge in [-0.1, -0.05) is 6.92 Å². The maximum atomic E-state index is 9.34. The third-order valence-electron chi connectivity index (χ3n) is 1.59. The van der Waals surface area contributed by atoms with Crippen molar-refractivity contribution in [1.29, 1.82) is 0 Å². The summed E-state index contributed by atoms with van der Waals surface area (Å²) in [6.45, 7) is 1.94.